The van der Waals surface area contributed by atoms with E-state index >= 15 is 0 Å². The van der Waals surface area contributed by atoms with Crippen LogP contribution in [0.3, 0.4) is 0 Å². The summed E-state index contributed by atoms with van der Waals surface area (Å²) in [4.78, 5) is 56.0. The van der Waals surface area contributed by atoms with E-state index in [0.29, 0.717) is 35.2 Å². The largest absolute Gasteiger partial charge is 0.466 e. The smallest absolute Gasteiger partial charge is 0.328 e. The lowest BCUT2D eigenvalue weighted by molar-refractivity contribution is -0.146. The molecule has 0 aliphatic heterocycles. The van der Waals surface area contributed by atoms with Gasteiger partial charge < -0.3 is 20.5 Å². The molecule has 13 nitrogen and oxygen atoms in total. The Morgan fingerprint density at radius 1 is 1.05 bits per heavy atom. The number of carbonyl (C=O) groups is 3. The summed E-state index contributed by atoms with van der Waals surface area (Å²) in [6.45, 7) is 3.58. The number of nitrogens with one attached hydrogen (secondary N) is 3. The normalized spacial score (nSPS) is 12.8. The Labute approximate surface area is 241 Å². The Bertz CT molecular complexity index is 1670. The van der Waals surface area contributed by atoms with Crippen LogP contribution in [0.4, 0.5) is 11.6 Å². The van der Waals surface area contributed by atoms with Crippen molar-refractivity contribution in [3.8, 4) is 11.1 Å². The number of nitrogens with zero attached hydrogens (tertiary/aromatic N) is 1. The van der Waals surface area contributed by atoms with Gasteiger partial charge in [-0.25, -0.2) is 18.2 Å². The average molecular weight is 598 g/mol. The molecule has 0 spiro atoms. The third-order valence-electron chi connectivity index (χ3n) is 6.52. The molecule has 14 heteroatoms. The van der Waals surface area contributed by atoms with Crippen LogP contribution < -0.4 is 21.3 Å². The summed E-state index contributed by atoms with van der Waals surface area (Å²) in [5.41, 5.74) is 7.86. The average Bonchev–Trinajstić information content (AvgIpc) is 2.94. The van der Waals surface area contributed by atoms with Gasteiger partial charge in [0.25, 0.3) is 21.5 Å². The molecular formula is C28H31N5O8S. The van der Waals surface area contributed by atoms with Crippen molar-refractivity contribution in [2.75, 3.05) is 23.7 Å². The van der Waals surface area contributed by atoms with Crippen molar-refractivity contribution in [3.05, 3.63) is 69.6 Å². The number of hydrogen-bond donors (Lipinski definition) is 4. The van der Waals surface area contributed by atoms with Gasteiger partial charge in [0.1, 0.15) is 6.04 Å². The highest BCUT2D eigenvalue weighted by atomic mass is 32.2. The number of carbonyl (C=O) groups excluding carboxylic acids is 3. The summed E-state index contributed by atoms with van der Waals surface area (Å²) in [5.74, 6) is -1.76. The van der Waals surface area contributed by atoms with E-state index in [2.05, 4.69) is 20.0 Å². The van der Waals surface area contributed by atoms with Crippen LogP contribution >= 0.6 is 0 Å². The monoisotopic (exact) mass is 597 g/mol. The van der Waals surface area contributed by atoms with E-state index in [-0.39, 0.29) is 53.7 Å². The number of aromatic nitrogens is 2. The summed E-state index contributed by atoms with van der Waals surface area (Å²) in [6.07, 6.45) is 0.830. The van der Waals surface area contributed by atoms with Crippen LogP contribution in [0.5, 0.6) is 0 Å². The summed E-state index contributed by atoms with van der Waals surface area (Å²) < 4.78 is 38.6. The van der Waals surface area contributed by atoms with Crippen LogP contribution in [-0.2, 0) is 41.9 Å². The summed E-state index contributed by atoms with van der Waals surface area (Å²) in [5, 5.41) is 2.56. The molecule has 1 heterocycles. The third-order valence-corrected chi connectivity index (χ3v) is 7.90. The maximum atomic E-state index is 13.1. The number of aromatic amines is 1. The van der Waals surface area contributed by atoms with Crippen LogP contribution in [0.25, 0.3) is 11.1 Å². The molecule has 1 amide bonds. The second-order valence-corrected chi connectivity index (χ2v) is 11.1. The predicted molar refractivity (Wildman–Crippen MR) is 153 cm³/mol. The fourth-order valence-corrected chi connectivity index (χ4v) is 5.68. The molecule has 42 heavy (non-hydrogen) atoms. The van der Waals surface area contributed by atoms with Crippen molar-refractivity contribution < 1.29 is 32.3 Å². The van der Waals surface area contributed by atoms with Gasteiger partial charge in [-0.15, -0.1) is 0 Å². The predicted octanol–water partition coefficient (Wildman–Crippen LogP) is 1.92. The number of hydrogen-bond acceptors (Lipinski definition) is 10. The Morgan fingerprint density at radius 3 is 2.45 bits per heavy atom. The van der Waals surface area contributed by atoms with E-state index in [0.717, 1.165) is 0 Å². The summed E-state index contributed by atoms with van der Waals surface area (Å²) >= 11 is 0. The van der Waals surface area contributed by atoms with E-state index in [1.165, 1.54) is 36.4 Å². The van der Waals surface area contributed by atoms with Gasteiger partial charge in [-0.2, -0.15) is 0 Å². The highest BCUT2D eigenvalue weighted by Crippen LogP contribution is 2.32. The van der Waals surface area contributed by atoms with Crippen LogP contribution in [0, 0.1) is 0 Å². The first-order chi connectivity index (χ1) is 20.0. The lowest BCUT2D eigenvalue weighted by Crippen LogP contribution is -2.42. The van der Waals surface area contributed by atoms with E-state index in [9.17, 15) is 27.6 Å². The van der Waals surface area contributed by atoms with Gasteiger partial charge in [0.2, 0.25) is 5.95 Å². The van der Waals surface area contributed by atoms with Crippen molar-refractivity contribution >= 4 is 39.5 Å². The molecule has 0 saturated carbocycles. The molecule has 2 aromatic carbocycles. The third kappa shape index (κ3) is 6.94. The number of benzene rings is 2. The number of nitrogens with two attached hydrogens (primary N) is 1. The van der Waals surface area contributed by atoms with Crippen molar-refractivity contribution in [1.29, 1.82) is 0 Å². The van der Waals surface area contributed by atoms with Gasteiger partial charge in [0, 0.05) is 17.7 Å². The first kappa shape index (κ1) is 30.2. The lowest BCUT2D eigenvalue weighted by Gasteiger charge is -2.19. The topological polar surface area (TPSA) is 200 Å². The van der Waals surface area contributed by atoms with Gasteiger partial charge >= 0.3 is 11.9 Å². The molecule has 0 unspecified atom stereocenters. The number of sulfonamides is 1. The molecular weight excluding hydrogens is 566 g/mol. The van der Waals surface area contributed by atoms with Crippen LogP contribution in [0.15, 0.2) is 52.2 Å². The molecule has 222 valence electrons. The van der Waals surface area contributed by atoms with Gasteiger partial charge in [-0.3, -0.25) is 24.1 Å². The van der Waals surface area contributed by atoms with Crippen LogP contribution in [0.1, 0.15) is 48.3 Å². The molecule has 1 aromatic heterocycles. The zero-order valence-electron chi connectivity index (χ0n) is 23.1. The van der Waals surface area contributed by atoms with Crippen LogP contribution in [0.2, 0.25) is 0 Å². The zero-order chi connectivity index (χ0) is 30.4. The van der Waals surface area contributed by atoms with E-state index < -0.39 is 33.9 Å². The minimum atomic E-state index is -4.01. The highest BCUT2D eigenvalue weighted by Gasteiger charge is 2.26. The van der Waals surface area contributed by atoms with Gasteiger partial charge in [-0.1, -0.05) is 6.07 Å². The quantitative estimate of drug-likeness (QED) is 0.237. The fraction of sp³-hybridized carbons (Fsp3) is 0.321. The lowest BCUT2D eigenvalue weighted by atomic mass is 9.89. The molecule has 0 fully saturated rings. The number of H-pyrrole nitrogens is 1. The summed E-state index contributed by atoms with van der Waals surface area (Å²) in [6, 6.07) is 9.04. The van der Waals surface area contributed by atoms with Crippen molar-refractivity contribution in [2.24, 2.45) is 0 Å². The SMILES string of the molecule is CCOC(=O)CC[C@H](NC(=O)c1ccc(NS(=O)(=O)c2ccc3c(c2)CCc2nc(N)[nH]c(=O)c2-3)cc1)C(=O)OCC. The van der Waals surface area contributed by atoms with E-state index in [1.807, 2.05) is 0 Å². The number of aryl methyl sites for hydroxylation is 2. The maximum Gasteiger partial charge on any atom is 0.328 e. The Morgan fingerprint density at radius 2 is 1.76 bits per heavy atom. The zero-order valence-corrected chi connectivity index (χ0v) is 23.9. The molecule has 1 aliphatic carbocycles. The van der Waals surface area contributed by atoms with Crippen molar-refractivity contribution in [2.45, 2.75) is 50.5 Å². The van der Waals surface area contributed by atoms with Gasteiger partial charge in [-0.05, 0) is 80.6 Å². The summed E-state index contributed by atoms with van der Waals surface area (Å²) in [7, 11) is -4.01. The van der Waals surface area contributed by atoms with Gasteiger partial charge in [0.15, 0.2) is 0 Å². The second kappa shape index (κ2) is 12.9. The molecule has 4 rings (SSSR count). The minimum Gasteiger partial charge on any atom is -0.466 e. The van der Waals surface area contributed by atoms with E-state index in [1.54, 1.807) is 19.9 Å². The minimum absolute atomic E-state index is 0.00484. The number of anilines is 2. The molecule has 0 radical (unpaired) electrons. The Hall–Kier alpha value is -4.72. The number of esters is 2. The first-order valence-electron chi connectivity index (χ1n) is 13.3. The molecule has 1 atom stereocenters. The van der Waals surface area contributed by atoms with Crippen molar-refractivity contribution in [1.82, 2.24) is 15.3 Å². The second-order valence-electron chi connectivity index (χ2n) is 9.40. The molecule has 1 aliphatic rings. The number of fused-ring (bicyclic) bond motifs is 3. The van der Waals surface area contributed by atoms with E-state index in [4.69, 9.17) is 15.2 Å². The number of rotatable bonds is 11. The Kier molecular flexibility index (Phi) is 9.25. The standard InChI is InChI=1S/C28H31N5O8S/c1-3-40-23(34)14-13-22(27(37)41-4-2)30-25(35)16-5-8-18(9-6-16)33-42(38,39)19-10-11-20-17(15-19)7-12-21-24(20)26(36)32-28(29)31-21/h5-6,8-11,15,22,33H,3-4,7,12-14H2,1-2H3,(H,30,35)(H3,29,31,32,36)/t22-/m0/s1. The molecule has 3 aromatic rings. The molecule has 0 saturated heterocycles. The fourth-order valence-electron chi connectivity index (χ4n) is 4.57. The molecule has 5 N–H and O–H groups in total. The number of nitrogen functional groups attached to an aromatic ring is 1. The van der Waals surface area contributed by atoms with Crippen molar-refractivity contribution in [3.63, 3.8) is 0 Å². The highest BCUT2D eigenvalue weighted by molar-refractivity contribution is 7.92. The van der Waals surface area contributed by atoms with Crippen LogP contribution in [-0.4, -0.2) is 55.5 Å². The first-order valence-corrected chi connectivity index (χ1v) is 14.8. The molecule has 0 bridgehead atoms. The van der Waals surface area contributed by atoms with Gasteiger partial charge in [0.05, 0.1) is 29.4 Å². The Balaban J connectivity index is 1.46. The number of ether oxygens (including phenoxy) is 2. The maximum absolute atomic E-state index is 13.1. The number of amides is 1.